The average molecular weight is 291 g/mol. The van der Waals surface area contributed by atoms with Crippen LogP contribution in [0.4, 0.5) is 11.4 Å². The van der Waals surface area contributed by atoms with Gasteiger partial charge in [-0.05, 0) is 29.4 Å². The number of hydrogen-bond donors (Lipinski definition) is 2. The van der Waals surface area contributed by atoms with E-state index in [1.165, 1.54) is 0 Å². The van der Waals surface area contributed by atoms with Crippen LogP contribution in [0.5, 0.6) is 0 Å². The summed E-state index contributed by atoms with van der Waals surface area (Å²) < 4.78 is 9.96. The first-order chi connectivity index (χ1) is 10.2. The highest BCUT2D eigenvalue weighted by Gasteiger charge is 2.23. The van der Waals surface area contributed by atoms with Crippen molar-refractivity contribution in [2.24, 2.45) is 0 Å². The van der Waals surface area contributed by atoms with E-state index in [0.29, 0.717) is 48.7 Å². The molecule has 1 atom stereocenters. The van der Waals surface area contributed by atoms with Gasteiger partial charge in [-0.1, -0.05) is 0 Å². The molecule has 1 saturated heterocycles. The van der Waals surface area contributed by atoms with Gasteiger partial charge >= 0.3 is 0 Å². The van der Waals surface area contributed by atoms with Crippen molar-refractivity contribution in [3.8, 4) is 0 Å². The lowest BCUT2D eigenvalue weighted by molar-refractivity contribution is -0.135. The Kier molecular flexibility index (Phi) is 3.61. The molecule has 3 rings (SSSR count). The summed E-state index contributed by atoms with van der Waals surface area (Å²) in [4.78, 5) is 14.2. The minimum Gasteiger partial charge on any atom is -0.397 e. The maximum atomic E-state index is 12.4. The molecule has 1 aromatic carbocycles. The molecule has 0 bridgehead atoms. The number of benzene rings is 1. The number of nitrogens with zero attached hydrogens (tertiary/aromatic N) is 3. The maximum Gasteiger partial charge on any atom is 0.244 e. The molecule has 0 radical (unpaired) electrons. The van der Waals surface area contributed by atoms with Crippen LogP contribution < -0.4 is 11.1 Å². The number of nitrogen functional groups attached to an aromatic ring is 1. The Bertz CT molecular complexity index is 650. The summed E-state index contributed by atoms with van der Waals surface area (Å²) in [6, 6.07) is 3.10. The lowest BCUT2D eigenvalue weighted by Crippen LogP contribution is -2.47. The van der Waals surface area contributed by atoms with Gasteiger partial charge in [0.2, 0.25) is 5.91 Å². The molecule has 1 aliphatic heterocycles. The molecule has 1 unspecified atom stereocenters. The molecule has 112 valence electrons. The number of hydrogen-bond acceptors (Lipinski definition) is 7. The Morgan fingerprint density at radius 2 is 2.05 bits per heavy atom. The van der Waals surface area contributed by atoms with Crippen LogP contribution in [0.15, 0.2) is 16.8 Å². The normalized spacial score (nSPS) is 16.9. The highest BCUT2D eigenvalue weighted by molar-refractivity contribution is 5.96. The largest absolute Gasteiger partial charge is 0.397 e. The molecule has 0 spiro atoms. The number of rotatable bonds is 3. The van der Waals surface area contributed by atoms with E-state index in [-0.39, 0.29) is 11.9 Å². The van der Waals surface area contributed by atoms with Gasteiger partial charge < -0.3 is 20.7 Å². The quantitative estimate of drug-likeness (QED) is 0.791. The van der Waals surface area contributed by atoms with Crippen LogP contribution >= 0.6 is 0 Å². The van der Waals surface area contributed by atoms with Crippen molar-refractivity contribution in [2.45, 2.75) is 13.0 Å². The first kappa shape index (κ1) is 13.6. The molecule has 3 N–H and O–H groups in total. The number of amides is 1. The number of carbonyl (C=O) groups is 1. The Balaban J connectivity index is 1.76. The van der Waals surface area contributed by atoms with Gasteiger partial charge in [0.15, 0.2) is 11.0 Å². The Hall–Kier alpha value is -2.35. The molecular formula is C13H17N5O3. The van der Waals surface area contributed by atoms with E-state index in [2.05, 4.69) is 15.6 Å². The van der Waals surface area contributed by atoms with E-state index in [0.717, 1.165) is 0 Å². The second kappa shape index (κ2) is 5.57. The standard InChI is InChI=1S/C13H17N5O3/c1-8(13(19)18-4-6-20-7-5-18)15-10-3-2-9(14)11-12(10)17-21-16-11/h2-3,8,15H,4-7,14H2,1H3. The summed E-state index contributed by atoms with van der Waals surface area (Å²) >= 11 is 0. The molecule has 1 amide bonds. The molecule has 1 aliphatic rings. The lowest BCUT2D eigenvalue weighted by atomic mass is 10.2. The summed E-state index contributed by atoms with van der Waals surface area (Å²) in [6.07, 6.45) is 0. The minimum absolute atomic E-state index is 0.0275. The lowest BCUT2D eigenvalue weighted by Gasteiger charge is -2.29. The van der Waals surface area contributed by atoms with Gasteiger partial charge in [-0.25, -0.2) is 4.63 Å². The van der Waals surface area contributed by atoms with Crippen LogP contribution in [-0.2, 0) is 9.53 Å². The van der Waals surface area contributed by atoms with Crippen molar-refractivity contribution in [1.82, 2.24) is 15.2 Å². The number of nitrogens with one attached hydrogen (secondary N) is 1. The van der Waals surface area contributed by atoms with Crippen LogP contribution in [0.3, 0.4) is 0 Å². The third-order valence-corrected chi connectivity index (χ3v) is 3.51. The second-order valence-electron chi connectivity index (χ2n) is 4.97. The minimum atomic E-state index is -0.383. The summed E-state index contributed by atoms with van der Waals surface area (Å²) in [6.45, 7) is 4.21. The van der Waals surface area contributed by atoms with Crippen molar-refractivity contribution in [3.63, 3.8) is 0 Å². The third kappa shape index (κ3) is 2.62. The number of aromatic nitrogens is 2. The summed E-state index contributed by atoms with van der Waals surface area (Å²) in [7, 11) is 0. The van der Waals surface area contributed by atoms with Gasteiger partial charge in [0.25, 0.3) is 0 Å². The number of anilines is 2. The zero-order chi connectivity index (χ0) is 14.8. The van der Waals surface area contributed by atoms with Crippen molar-refractivity contribution in [3.05, 3.63) is 12.1 Å². The fourth-order valence-electron chi connectivity index (χ4n) is 2.35. The van der Waals surface area contributed by atoms with Crippen LogP contribution in [0.1, 0.15) is 6.92 Å². The van der Waals surface area contributed by atoms with Crippen molar-refractivity contribution >= 4 is 28.3 Å². The second-order valence-corrected chi connectivity index (χ2v) is 4.97. The Morgan fingerprint density at radius 1 is 1.33 bits per heavy atom. The number of ether oxygens (including phenoxy) is 1. The van der Waals surface area contributed by atoms with Gasteiger partial charge in [-0.3, -0.25) is 4.79 Å². The van der Waals surface area contributed by atoms with Crippen LogP contribution in [0.25, 0.3) is 11.0 Å². The predicted octanol–water partition coefficient (Wildman–Crippen LogP) is 0.464. The molecule has 2 aromatic rings. The SMILES string of the molecule is CC(Nc1ccc(N)c2nonc12)C(=O)N1CCOCC1. The molecule has 8 nitrogen and oxygen atoms in total. The van der Waals surface area contributed by atoms with E-state index in [1.54, 1.807) is 17.0 Å². The topological polar surface area (TPSA) is 107 Å². The van der Waals surface area contributed by atoms with Gasteiger partial charge in [0, 0.05) is 13.1 Å². The number of carbonyl (C=O) groups excluding carboxylic acids is 1. The van der Waals surface area contributed by atoms with Crippen molar-refractivity contribution < 1.29 is 14.2 Å². The van der Waals surface area contributed by atoms with Crippen LogP contribution in [0.2, 0.25) is 0 Å². The zero-order valence-corrected chi connectivity index (χ0v) is 11.7. The summed E-state index contributed by atoms with van der Waals surface area (Å²) in [5, 5.41) is 10.7. The van der Waals surface area contributed by atoms with E-state index < -0.39 is 0 Å². The molecule has 1 fully saturated rings. The summed E-state index contributed by atoms with van der Waals surface area (Å²) in [5.74, 6) is 0.0275. The first-order valence-corrected chi connectivity index (χ1v) is 6.80. The van der Waals surface area contributed by atoms with E-state index in [4.69, 9.17) is 15.1 Å². The van der Waals surface area contributed by atoms with Crippen LogP contribution in [-0.4, -0.2) is 53.5 Å². The smallest absolute Gasteiger partial charge is 0.244 e. The van der Waals surface area contributed by atoms with Gasteiger partial charge in [-0.2, -0.15) is 0 Å². The first-order valence-electron chi connectivity index (χ1n) is 6.80. The average Bonchev–Trinajstić information content (AvgIpc) is 3.01. The van der Waals surface area contributed by atoms with Gasteiger partial charge in [0.1, 0.15) is 6.04 Å². The molecule has 1 aromatic heterocycles. The fraction of sp³-hybridized carbons (Fsp3) is 0.462. The van der Waals surface area contributed by atoms with Crippen molar-refractivity contribution in [2.75, 3.05) is 37.4 Å². The molecular weight excluding hydrogens is 274 g/mol. The summed E-state index contributed by atoms with van der Waals surface area (Å²) in [5.41, 5.74) is 7.98. The van der Waals surface area contributed by atoms with E-state index in [9.17, 15) is 4.79 Å². The zero-order valence-electron chi connectivity index (χ0n) is 11.7. The monoisotopic (exact) mass is 291 g/mol. The highest BCUT2D eigenvalue weighted by atomic mass is 16.6. The van der Waals surface area contributed by atoms with Gasteiger partial charge in [-0.15, -0.1) is 0 Å². The molecule has 2 heterocycles. The molecule has 0 saturated carbocycles. The molecule has 8 heteroatoms. The number of morpholine rings is 1. The Labute approximate surface area is 121 Å². The van der Waals surface area contributed by atoms with Crippen molar-refractivity contribution in [1.29, 1.82) is 0 Å². The van der Waals surface area contributed by atoms with E-state index in [1.807, 2.05) is 6.92 Å². The number of fused-ring (bicyclic) bond motifs is 1. The molecule has 0 aliphatic carbocycles. The predicted molar refractivity (Wildman–Crippen MR) is 76.7 cm³/mol. The number of nitrogens with two attached hydrogens (primary N) is 1. The maximum absolute atomic E-state index is 12.4. The van der Waals surface area contributed by atoms with E-state index >= 15 is 0 Å². The highest BCUT2D eigenvalue weighted by Crippen LogP contribution is 2.25. The third-order valence-electron chi connectivity index (χ3n) is 3.51. The van der Waals surface area contributed by atoms with Crippen LogP contribution in [0, 0.1) is 0 Å². The Morgan fingerprint density at radius 3 is 2.81 bits per heavy atom. The molecule has 21 heavy (non-hydrogen) atoms. The fourth-order valence-corrected chi connectivity index (χ4v) is 2.35. The van der Waals surface area contributed by atoms with Gasteiger partial charge in [0.05, 0.1) is 24.6 Å².